The van der Waals surface area contributed by atoms with Gasteiger partial charge in [0.05, 0.1) is 11.4 Å². The minimum absolute atomic E-state index is 0.0596. The second-order valence-corrected chi connectivity index (χ2v) is 24.7. The molecule has 72 heavy (non-hydrogen) atoms. The van der Waals surface area contributed by atoms with Crippen molar-refractivity contribution in [2.75, 3.05) is 9.80 Å². The first-order valence-electron chi connectivity index (χ1n) is 26.0. The van der Waals surface area contributed by atoms with Gasteiger partial charge in [-0.15, -0.1) is 0 Å². The molecule has 0 saturated carbocycles. The molecule has 0 radical (unpaired) electrons. The van der Waals surface area contributed by atoms with Gasteiger partial charge in [0.25, 0.3) is 0 Å². The van der Waals surface area contributed by atoms with E-state index in [1.807, 2.05) is 0 Å². The summed E-state index contributed by atoms with van der Waals surface area (Å²) in [6.07, 6.45) is 0. The van der Waals surface area contributed by atoms with E-state index < -0.39 is 0 Å². The van der Waals surface area contributed by atoms with Gasteiger partial charge in [-0.2, -0.15) is 0 Å². The molecule has 0 fully saturated rings. The molecule has 0 heterocycles. The fourth-order valence-corrected chi connectivity index (χ4v) is 11.8. The summed E-state index contributed by atoms with van der Waals surface area (Å²) in [4.78, 5) is 4.93. The quantitative estimate of drug-likeness (QED) is 0.121. The highest BCUT2D eigenvalue weighted by atomic mass is 15.1. The predicted octanol–water partition coefficient (Wildman–Crippen LogP) is 20.8. The summed E-state index contributed by atoms with van der Waals surface area (Å²) in [6.45, 7) is 27.4. The molecule has 12 aromatic carbocycles. The van der Waals surface area contributed by atoms with Crippen LogP contribution in [0.15, 0.2) is 182 Å². The summed E-state index contributed by atoms with van der Waals surface area (Å²) >= 11 is 0. The maximum absolute atomic E-state index is 2.46. The van der Waals surface area contributed by atoms with Crippen LogP contribution in [-0.2, 0) is 21.7 Å². The topological polar surface area (TPSA) is 6.48 Å². The molecule has 0 N–H and O–H groups in total. The molecule has 0 amide bonds. The van der Waals surface area contributed by atoms with E-state index in [0.29, 0.717) is 0 Å². The van der Waals surface area contributed by atoms with Gasteiger partial charge in [0, 0.05) is 33.5 Å². The van der Waals surface area contributed by atoms with Crippen LogP contribution in [0.4, 0.5) is 34.1 Å². The van der Waals surface area contributed by atoms with E-state index in [9.17, 15) is 0 Å². The summed E-state index contributed by atoms with van der Waals surface area (Å²) in [7, 11) is 0. The Labute approximate surface area is 426 Å². The third kappa shape index (κ3) is 7.28. The van der Waals surface area contributed by atoms with Crippen LogP contribution in [0.1, 0.15) is 105 Å². The summed E-state index contributed by atoms with van der Waals surface area (Å²) in [6, 6.07) is 70.0. The van der Waals surface area contributed by atoms with Crippen LogP contribution < -0.4 is 9.80 Å². The highest BCUT2D eigenvalue weighted by Crippen LogP contribution is 2.52. The van der Waals surface area contributed by atoms with Gasteiger partial charge < -0.3 is 9.80 Å². The molecule has 12 rings (SSSR count). The Bertz CT molecular complexity index is 3570. The second kappa shape index (κ2) is 16.0. The maximum atomic E-state index is 2.46. The Balaban J connectivity index is 1.07. The Kier molecular flexibility index (Phi) is 10.2. The van der Waals surface area contributed by atoms with Crippen LogP contribution in [0.5, 0.6) is 0 Å². The standard InChI is InChI=1S/C70H66N2/c1-67(2,3)43-19-27-47(28-20-43)71(48-29-21-44(22-30-48)68(4,5)6)61-41-39-53-57-37-36-56-52-16-14-18-60-62(72(49-31-23-45(24-32-49)69(7,8)9)50-33-25-46(26-34-50)70(10,11)12)42-40-54(64(52)60)58-38-35-55(65(57)66(56)58)51-15-13-17-59(61)63(51)53/h13-42H,1-12H3. The Hall–Kier alpha value is -7.42. The molecule has 0 aliphatic heterocycles. The van der Waals surface area contributed by atoms with Crippen molar-refractivity contribution in [2.45, 2.75) is 105 Å². The van der Waals surface area contributed by atoms with Gasteiger partial charge in [-0.3, -0.25) is 0 Å². The van der Waals surface area contributed by atoms with Crippen LogP contribution in [0, 0.1) is 0 Å². The first kappa shape index (κ1) is 45.7. The molecular weight excluding hydrogens is 869 g/mol. The highest BCUT2D eigenvalue weighted by Gasteiger charge is 2.26. The van der Waals surface area contributed by atoms with Crippen molar-refractivity contribution in [3.05, 3.63) is 204 Å². The van der Waals surface area contributed by atoms with Crippen LogP contribution >= 0.6 is 0 Å². The largest absolute Gasteiger partial charge is 0.310 e. The average Bonchev–Trinajstić information content (AvgIpc) is 3.35. The smallest absolute Gasteiger partial charge is 0.0540 e. The Morgan fingerprint density at radius 2 is 0.417 bits per heavy atom. The number of nitrogens with zero attached hydrogens (tertiary/aromatic N) is 2. The van der Waals surface area contributed by atoms with Gasteiger partial charge in [0.15, 0.2) is 0 Å². The zero-order valence-electron chi connectivity index (χ0n) is 44.2. The summed E-state index contributed by atoms with van der Waals surface area (Å²) in [5, 5.41) is 18.1. The molecule has 356 valence electrons. The normalized spacial score (nSPS) is 13.0. The molecule has 0 aromatic heterocycles. The fourth-order valence-electron chi connectivity index (χ4n) is 11.8. The Morgan fingerprint density at radius 3 is 0.667 bits per heavy atom. The van der Waals surface area contributed by atoms with Gasteiger partial charge in [0.2, 0.25) is 0 Å². The van der Waals surface area contributed by atoms with Crippen LogP contribution in [0.25, 0.3) is 75.4 Å². The number of rotatable bonds is 6. The molecule has 0 aliphatic carbocycles. The molecular formula is C70H66N2. The first-order valence-corrected chi connectivity index (χ1v) is 26.0. The van der Waals surface area contributed by atoms with Crippen molar-refractivity contribution in [3.63, 3.8) is 0 Å². The maximum Gasteiger partial charge on any atom is 0.0540 e. The van der Waals surface area contributed by atoms with Gasteiger partial charge in [-0.1, -0.05) is 204 Å². The van der Waals surface area contributed by atoms with Crippen molar-refractivity contribution in [1.82, 2.24) is 0 Å². The van der Waals surface area contributed by atoms with E-state index in [2.05, 4.69) is 275 Å². The summed E-state index contributed by atoms with van der Waals surface area (Å²) in [5.74, 6) is 0. The van der Waals surface area contributed by atoms with Gasteiger partial charge in [0.1, 0.15) is 0 Å². The van der Waals surface area contributed by atoms with Crippen molar-refractivity contribution >= 4 is 110 Å². The first-order chi connectivity index (χ1) is 34.3. The number of hydrogen-bond acceptors (Lipinski definition) is 2. The van der Waals surface area contributed by atoms with E-state index in [1.54, 1.807) is 0 Å². The number of anilines is 6. The molecule has 0 spiro atoms. The van der Waals surface area contributed by atoms with E-state index in [1.165, 1.54) is 109 Å². The van der Waals surface area contributed by atoms with E-state index in [4.69, 9.17) is 0 Å². The molecule has 0 bridgehead atoms. The third-order valence-corrected chi connectivity index (χ3v) is 15.8. The molecule has 0 unspecified atom stereocenters. The number of fused-ring (bicyclic) bond motifs is 4. The van der Waals surface area contributed by atoms with Crippen molar-refractivity contribution in [3.8, 4) is 0 Å². The van der Waals surface area contributed by atoms with Gasteiger partial charge in [-0.05, 0) is 169 Å². The average molecular weight is 935 g/mol. The molecule has 2 heteroatoms. The van der Waals surface area contributed by atoms with Crippen molar-refractivity contribution in [2.24, 2.45) is 0 Å². The molecule has 2 nitrogen and oxygen atoms in total. The van der Waals surface area contributed by atoms with E-state index in [-0.39, 0.29) is 21.7 Å². The molecule has 0 aliphatic rings. The minimum atomic E-state index is 0.0596. The number of hydrogen-bond donors (Lipinski definition) is 0. The van der Waals surface area contributed by atoms with Crippen molar-refractivity contribution < 1.29 is 0 Å². The summed E-state index contributed by atoms with van der Waals surface area (Å²) < 4.78 is 0. The lowest BCUT2D eigenvalue weighted by Crippen LogP contribution is -2.14. The lowest BCUT2D eigenvalue weighted by atomic mass is 9.83. The predicted molar refractivity (Wildman–Crippen MR) is 316 cm³/mol. The lowest BCUT2D eigenvalue weighted by molar-refractivity contribution is 0.590. The van der Waals surface area contributed by atoms with E-state index >= 15 is 0 Å². The zero-order valence-corrected chi connectivity index (χ0v) is 44.2. The summed E-state index contributed by atoms with van der Waals surface area (Å²) in [5.41, 5.74) is 12.5. The second-order valence-electron chi connectivity index (χ2n) is 24.7. The molecule has 0 saturated heterocycles. The van der Waals surface area contributed by atoms with E-state index in [0.717, 1.165) is 22.7 Å². The zero-order chi connectivity index (χ0) is 50.2. The minimum Gasteiger partial charge on any atom is -0.310 e. The van der Waals surface area contributed by atoms with Gasteiger partial charge in [-0.25, -0.2) is 0 Å². The monoisotopic (exact) mass is 935 g/mol. The SMILES string of the molecule is CC(C)(C)c1ccc(N(c2ccc(C(C)(C)C)cc2)c2ccc3c4ccc5c6cccc7c(N(c8ccc(C(C)(C)C)cc8)c8ccc(C(C)(C)C)cc8)ccc(c8ccc(c9cccc2c93)c4c58)c76)cc1. The lowest BCUT2D eigenvalue weighted by Gasteiger charge is -2.30. The Morgan fingerprint density at radius 1 is 0.208 bits per heavy atom. The number of benzene rings is 12. The molecule has 0 atom stereocenters. The van der Waals surface area contributed by atoms with Crippen LogP contribution in [-0.4, -0.2) is 0 Å². The van der Waals surface area contributed by atoms with Crippen LogP contribution in [0.2, 0.25) is 0 Å². The fraction of sp³-hybridized carbons (Fsp3) is 0.229. The third-order valence-electron chi connectivity index (χ3n) is 15.8. The van der Waals surface area contributed by atoms with Gasteiger partial charge >= 0.3 is 0 Å². The molecule has 12 aromatic rings. The highest BCUT2D eigenvalue weighted by molar-refractivity contribution is 6.43. The van der Waals surface area contributed by atoms with Crippen molar-refractivity contribution in [1.29, 1.82) is 0 Å². The van der Waals surface area contributed by atoms with Crippen LogP contribution in [0.3, 0.4) is 0 Å².